The van der Waals surface area contributed by atoms with E-state index in [-0.39, 0.29) is 5.41 Å². The molecule has 0 N–H and O–H groups in total. The van der Waals surface area contributed by atoms with E-state index in [1.807, 2.05) is 60.7 Å². The van der Waals surface area contributed by atoms with Gasteiger partial charge in [0.2, 0.25) is 0 Å². The highest BCUT2D eigenvalue weighted by Crippen LogP contribution is 2.51. The molecule has 0 aliphatic heterocycles. The monoisotopic (exact) mass is 758 g/mol. The maximum absolute atomic E-state index is 6.71. The normalized spacial score (nSPS) is 12.7. The number of benzene rings is 8. The molecule has 59 heavy (non-hydrogen) atoms. The lowest BCUT2D eigenvalue weighted by Gasteiger charge is -2.28. The van der Waals surface area contributed by atoms with Gasteiger partial charge in [-0.2, -0.15) is 0 Å². The van der Waals surface area contributed by atoms with Crippen molar-refractivity contribution in [1.29, 1.82) is 0 Å². The van der Waals surface area contributed by atoms with E-state index in [0.29, 0.717) is 17.5 Å². The molecular formula is C54H38N4O. The van der Waals surface area contributed by atoms with Crippen molar-refractivity contribution in [2.24, 2.45) is 0 Å². The maximum Gasteiger partial charge on any atom is 0.164 e. The van der Waals surface area contributed by atoms with Crippen LogP contribution in [0.1, 0.15) is 25.0 Å². The van der Waals surface area contributed by atoms with Crippen molar-refractivity contribution >= 4 is 39.0 Å². The third kappa shape index (κ3) is 5.90. The van der Waals surface area contributed by atoms with Crippen LogP contribution in [-0.4, -0.2) is 15.0 Å². The van der Waals surface area contributed by atoms with Gasteiger partial charge in [-0.3, -0.25) is 0 Å². The fourth-order valence-electron chi connectivity index (χ4n) is 8.81. The predicted molar refractivity (Wildman–Crippen MR) is 241 cm³/mol. The van der Waals surface area contributed by atoms with Crippen molar-refractivity contribution in [2.75, 3.05) is 4.90 Å². The number of anilines is 3. The minimum Gasteiger partial charge on any atom is -0.456 e. The molecule has 0 unspecified atom stereocenters. The smallest absolute Gasteiger partial charge is 0.164 e. The third-order valence-corrected chi connectivity index (χ3v) is 11.7. The Hall–Kier alpha value is -7.63. The van der Waals surface area contributed by atoms with E-state index in [1.54, 1.807) is 0 Å². The molecule has 8 aromatic carbocycles. The summed E-state index contributed by atoms with van der Waals surface area (Å²) < 4.78 is 6.71. The lowest BCUT2D eigenvalue weighted by atomic mass is 9.82. The van der Waals surface area contributed by atoms with Crippen LogP contribution in [-0.2, 0) is 5.41 Å². The van der Waals surface area contributed by atoms with Crippen LogP contribution in [0.25, 0.3) is 78.4 Å². The summed E-state index contributed by atoms with van der Waals surface area (Å²) in [6, 6.07) is 67.8. The van der Waals surface area contributed by atoms with E-state index in [0.717, 1.165) is 66.8 Å². The second-order valence-corrected chi connectivity index (χ2v) is 15.7. The predicted octanol–water partition coefficient (Wildman–Crippen LogP) is 14.2. The molecule has 0 spiro atoms. The summed E-state index contributed by atoms with van der Waals surface area (Å²) in [5, 5.41) is 2.13. The SMILES string of the molecule is CC1(C)c2ccccc2-c2ccc(N(c3ccccc3)c3ccc4c(c3)oc3cccc(-c5cccc(-c6nc(-c7ccccc7)nc(-c7ccccc7)n6)c5)c34)cc21. The van der Waals surface area contributed by atoms with Gasteiger partial charge in [0, 0.05) is 56.0 Å². The van der Waals surface area contributed by atoms with Gasteiger partial charge >= 0.3 is 0 Å². The molecule has 280 valence electrons. The zero-order valence-electron chi connectivity index (χ0n) is 32.7. The highest BCUT2D eigenvalue weighted by molar-refractivity contribution is 6.13. The molecule has 10 aromatic rings. The topological polar surface area (TPSA) is 55.1 Å². The lowest BCUT2D eigenvalue weighted by Crippen LogP contribution is -2.16. The number of furan rings is 1. The largest absolute Gasteiger partial charge is 0.456 e. The Balaban J connectivity index is 1.01. The average Bonchev–Trinajstić information content (AvgIpc) is 3.78. The van der Waals surface area contributed by atoms with Gasteiger partial charge in [-0.1, -0.05) is 153 Å². The Labute approximate surface area is 342 Å². The molecule has 0 saturated carbocycles. The van der Waals surface area contributed by atoms with Crippen LogP contribution in [0.15, 0.2) is 199 Å². The van der Waals surface area contributed by atoms with Gasteiger partial charge in [0.25, 0.3) is 0 Å². The first kappa shape index (κ1) is 34.6. The first-order chi connectivity index (χ1) is 29.0. The molecular weight excluding hydrogens is 721 g/mol. The van der Waals surface area contributed by atoms with Crippen molar-refractivity contribution in [3.8, 4) is 56.4 Å². The highest BCUT2D eigenvalue weighted by Gasteiger charge is 2.35. The van der Waals surface area contributed by atoms with E-state index in [2.05, 4.69) is 152 Å². The molecule has 0 amide bonds. The minimum atomic E-state index is -0.113. The van der Waals surface area contributed by atoms with Crippen LogP contribution in [0.5, 0.6) is 0 Å². The summed E-state index contributed by atoms with van der Waals surface area (Å²) >= 11 is 0. The molecule has 0 saturated heterocycles. The fourth-order valence-corrected chi connectivity index (χ4v) is 8.81. The Kier molecular flexibility index (Phi) is 8.09. The number of fused-ring (bicyclic) bond motifs is 6. The Morgan fingerprint density at radius 3 is 1.66 bits per heavy atom. The molecule has 5 heteroatoms. The molecule has 0 bridgehead atoms. The van der Waals surface area contributed by atoms with E-state index < -0.39 is 0 Å². The van der Waals surface area contributed by atoms with Gasteiger partial charge in [-0.05, 0) is 81.9 Å². The van der Waals surface area contributed by atoms with Crippen molar-refractivity contribution in [3.05, 3.63) is 205 Å². The molecule has 11 rings (SSSR count). The molecule has 0 radical (unpaired) electrons. The van der Waals surface area contributed by atoms with Gasteiger partial charge in [0.1, 0.15) is 11.2 Å². The van der Waals surface area contributed by atoms with E-state index in [4.69, 9.17) is 19.4 Å². The number of aromatic nitrogens is 3. The molecule has 0 fully saturated rings. The number of para-hydroxylation sites is 1. The standard InChI is InChI=1S/C54H38N4O/c1-54(2)46-26-13-12-24-43(46)44-30-28-40(33-47(44)54)58(39-22-10-5-11-23-39)41-29-31-45-49(34-41)59-48-27-15-25-42(50(45)48)37-20-14-21-38(32-37)53-56-51(35-16-6-3-7-17-35)55-52(57-53)36-18-8-4-9-19-36/h3-34H,1-2H3. The van der Waals surface area contributed by atoms with Crippen LogP contribution < -0.4 is 4.90 Å². The summed E-state index contributed by atoms with van der Waals surface area (Å²) in [6.45, 7) is 4.66. The van der Waals surface area contributed by atoms with Gasteiger partial charge in [0.15, 0.2) is 17.5 Å². The summed E-state index contributed by atoms with van der Waals surface area (Å²) in [6.07, 6.45) is 0. The first-order valence-corrected chi connectivity index (χ1v) is 20.0. The summed E-state index contributed by atoms with van der Waals surface area (Å²) in [5.41, 5.74) is 15.0. The van der Waals surface area contributed by atoms with Crippen molar-refractivity contribution in [1.82, 2.24) is 15.0 Å². The van der Waals surface area contributed by atoms with Crippen molar-refractivity contribution < 1.29 is 4.42 Å². The summed E-state index contributed by atoms with van der Waals surface area (Å²) in [4.78, 5) is 17.2. The molecule has 2 aromatic heterocycles. The number of hydrogen-bond donors (Lipinski definition) is 0. The maximum atomic E-state index is 6.71. The quantitative estimate of drug-likeness (QED) is 0.162. The van der Waals surface area contributed by atoms with Gasteiger partial charge in [0.05, 0.1) is 0 Å². The Bertz CT molecular complexity index is 3130. The number of nitrogens with zero attached hydrogens (tertiary/aromatic N) is 4. The summed E-state index contributed by atoms with van der Waals surface area (Å²) in [5.74, 6) is 1.89. The molecule has 1 aliphatic rings. The van der Waals surface area contributed by atoms with E-state index in [9.17, 15) is 0 Å². The number of hydrogen-bond acceptors (Lipinski definition) is 5. The lowest BCUT2D eigenvalue weighted by molar-refractivity contribution is 0.660. The minimum absolute atomic E-state index is 0.113. The molecule has 0 atom stereocenters. The molecule has 1 aliphatic carbocycles. The van der Waals surface area contributed by atoms with Gasteiger partial charge < -0.3 is 9.32 Å². The average molecular weight is 759 g/mol. The van der Waals surface area contributed by atoms with Gasteiger partial charge in [-0.25, -0.2) is 15.0 Å². The van der Waals surface area contributed by atoms with Crippen molar-refractivity contribution in [2.45, 2.75) is 19.3 Å². The number of rotatable bonds is 7. The molecule has 5 nitrogen and oxygen atoms in total. The highest BCUT2D eigenvalue weighted by atomic mass is 16.3. The Morgan fingerprint density at radius 2 is 0.932 bits per heavy atom. The first-order valence-electron chi connectivity index (χ1n) is 20.0. The van der Waals surface area contributed by atoms with Crippen LogP contribution in [0, 0.1) is 0 Å². The fraction of sp³-hybridized carbons (Fsp3) is 0.0556. The third-order valence-electron chi connectivity index (χ3n) is 11.7. The zero-order valence-corrected chi connectivity index (χ0v) is 32.7. The zero-order chi connectivity index (χ0) is 39.5. The Morgan fingerprint density at radius 1 is 0.390 bits per heavy atom. The van der Waals surface area contributed by atoms with Gasteiger partial charge in [-0.15, -0.1) is 0 Å². The molecule has 2 heterocycles. The van der Waals surface area contributed by atoms with Crippen LogP contribution in [0.2, 0.25) is 0 Å². The van der Waals surface area contributed by atoms with Crippen LogP contribution in [0.3, 0.4) is 0 Å². The van der Waals surface area contributed by atoms with Crippen LogP contribution >= 0.6 is 0 Å². The second-order valence-electron chi connectivity index (χ2n) is 15.7. The van der Waals surface area contributed by atoms with E-state index >= 15 is 0 Å². The second kappa shape index (κ2) is 13.8. The summed E-state index contributed by atoms with van der Waals surface area (Å²) in [7, 11) is 0. The van der Waals surface area contributed by atoms with E-state index in [1.165, 1.54) is 22.3 Å². The van der Waals surface area contributed by atoms with Crippen molar-refractivity contribution in [3.63, 3.8) is 0 Å². The van der Waals surface area contributed by atoms with Crippen LogP contribution in [0.4, 0.5) is 17.1 Å².